The van der Waals surface area contributed by atoms with Crippen LogP contribution in [-0.4, -0.2) is 14.8 Å². The molecule has 1 aromatic carbocycles. The maximum Gasteiger partial charge on any atom is 0.246 e. The van der Waals surface area contributed by atoms with Crippen LogP contribution in [0.4, 0.5) is 0 Å². The maximum atomic E-state index is 5.27. The Bertz CT molecular complexity index is 666. The van der Waals surface area contributed by atoms with Crippen molar-refractivity contribution in [1.29, 1.82) is 0 Å². The molecule has 0 unspecified atom stereocenters. The largest absolute Gasteiger partial charge is 0.443 e. The van der Waals surface area contributed by atoms with E-state index in [4.69, 9.17) is 4.42 Å². The van der Waals surface area contributed by atoms with Crippen molar-refractivity contribution in [1.82, 2.24) is 14.8 Å². The topological polar surface area (TPSA) is 43.9 Å². The molecule has 0 atom stereocenters. The number of benzene rings is 1. The number of nitrogens with zero attached hydrogens (tertiary/aromatic N) is 3. The molecule has 0 aliphatic rings. The molecule has 2 aromatic heterocycles. The molecule has 4 nitrogen and oxygen atoms in total. The molecule has 3 rings (SSSR count). The Kier molecular flexibility index (Phi) is 2.91. The summed E-state index contributed by atoms with van der Waals surface area (Å²) in [5.74, 6) is 0.561. The highest BCUT2D eigenvalue weighted by atomic mass is 16.3. The Morgan fingerprint density at radius 2 is 1.95 bits per heavy atom. The van der Waals surface area contributed by atoms with E-state index in [9.17, 15) is 0 Å². The molecule has 0 radical (unpaired) electrons. The van der Waals surface area contributed by atoms with Gasteiger partial charge in [0.15, 0.2) is 0 Å². The summed E-state index contributed by atoms with van der Waals surface area (Å²) in [5, 5.41) is 4.53. The first-order chi connectivity index (χ1) is 9.22. The van der Waals surface area contributed by atoms with Crippen LogP contribution in [0.15, 0.2) is 47.2 Å². The van der Waals surface area contributed by atoms with E-state index in [1.807, 2.05) is 17.7 Å². The van der Waals surface area contributed by atoms with E-state index >= 15 is 0 Å². The Balaban J connectivity index is 1.87. The molecule has 0 amide bonds. The van der Waals surface area contributed by atoms with E-state index in [2.05, 4.69) is 41.3 Å². The summed E-state index contributed by atoms with van der Waals surface area (Å²) >= 11 is 0. The third-order valence-corrected chi connectivity index (χ3v) is 3.09. The molecule has 96 valence electrons. The van der Waals surface area contributed by atoms with Gasteiger partial charge in [-0.1, -0.05) is 29.8 Å². The maximum absolute atomic E-state index is 5.27. The fourth-order valence-electron chi connectivity index (χ4n) is 1.99. The van der Waals surface area contributed by atoms with Gasteiger partial charge in [0.05, 0.1) is 12.7 Å². The quantitative estimate of drug-likeness (QED) is 0.720. The van der Waals surface area contributed by atoms with E-state index in [-0.39, 0.29) is 0 Å². The zero-order valence-corrected chi connectivity index (χ0v) is 11.0. The van der Waals surface area contributed by atoms with E-state index in [0.717, 1.165) is 17.9 Å². The molecular formula is C15H15N3O. The van der Waals surface area contributed by atoms with Crippen molar-refractivity contribution in [2.45, 2.75) is 20.4 Å². The second-order valence-corrected chi connectivity index (χ2v) is 4.65. The number of hydrogen-bond acceptors (Lipinski definition) is 3. The highest BCUT2D eigenvalue weighted by Crippen LogP contribution is 2.17. The molecule has 2 heterocycles. The van der Waals surface area contributed by atoms with Crippen LogP contribution in [-0.2, 0) is 6.54 Å². The van der Waals surface area contributed by atoms with Crippen molar-refractivity contribution in [2.75, 3.05) is 0 Å². The Morgan fingerprint density at radius 3 is 2.63 bits per heavy atom. The molecule has 0 spiro atoms. The third-order valence-electron chi connectivity index (χ3n) is 3.09. The minimum atomic E-state index is 0.561. The molecule has 0 N–H and O–H groups in total. The van der Waals surface area contributed by atoms with Crippen LogP contribution in [0.3, 0.4) is 0 Å². The first kappa shape index (κ1) is 11.7. The van der Waals surface area contributed by atoms with Crippen LogP contribution in [0.5, 0.6) is 0 Å². The SMILES string of the molecule is Cc1ccc(Cn2nc(-c3ncco3)cc2C)cc1. The lowest BCUT2D eigenvalue weighted by molar-refractivity contribution is 0.568. The van der Waals surface area contributed by atoms with E-state index in [1.54, 1.807) is 12.5 Å². The minimum Gasteiger partial charge on any atom is -0.443 e. The van der Waals surface area contributed by atoms with Gasteiger partial charge in [0.1, 0.15) is 12.0 Å². The number of oxazole rings is 1. The van der Waals surface area contributed by atoms with Crippen LogP contribution >= 0.6 is 0 Å². The van der Waals surface area contributed by atoms with Crippen LogP contribution < -0.4 is 0 Å². The summed E-state index contributed by atoms with van der Waals surface area (Å²) in [7, 11) is 0. The first-order valence-electron chi connectivity index (χ1n) is 6.22. The van der Waals surface area contributed by atoms with Crippen LogP contribution in [0.2, 0.25) is 0 Å². The normalized spacial score (nSPS) is 10.8. The summed E-state index contributed by atoms with van der Waals surface area (Å²) in [6.45, 7) is 4.88. The molecule has 0 saturated heterocycles. The van der Waals surface area contributed by atoms with Crippen molar-refractivity contribution >= 4 is 0 Å². The van der Waals surface area contributed by atoms with Crippen molar-refractivity contribution in [3.63, 3.8) is 0 Å². The van der Waals surface area contributed by atoms with Gasteiger partial charge in [-0.05, 0) is 25.5 Å². The highest BCUT2D eigenvalue weighted by molar-refractivity contribution is 5.46. The minimum absolute atomic E-state index is 0.561. The molecule has 0 aliphatic heterocycles. The number of aromatic nitrogens is 3. The average molecular weight is 253 g/mol. The van der Waals surface area contributed by atoms with Crippen molar-refractivity contribution in [2.24, 2.45) is 0 Å². The number of aryl methyl sites for hydroxylation is 2. The Hall–Kier alpha value is -2.36. The molecule has 0 aliphatic carbocycles. The molecule has 0 bridgehead atoms. The molecule has 0 fully saturated rings. The van der Waals surface area contributed by atoms with Gasteiger partial charge in [0.25, 0.3) is 0 Å². The fourth-order valence-corrected chi connectivity index (χ4v) is 1.99. The van der Waals surface area contributed by atoms with E-state index in [1.165, 1.54) is 11.1 Å². The fraction of sp³-hybridized carbons (Fsp3) is 0.200. The monoisotopic (exact) mass is 253 g/mol. The van der Waals surface area contributed by atoms with Crippen molar-refractivity contribution in [3.8, 4) is 11.6 Å². The van der Waals surface area contributed by atoms with Gasteiger partial charge in [-0.15, -0.1) is 0 Å². The van der Waals surface area contributed by atoms with Crippen molar-refractivity contribution < 1.29 is 4.42 Å². The number of rotatable bonds is 3. The predicted molar refractivity (Wildman–Crippen MR) is 72.7 cm³/mol. The number of hydrogen-bond donors (Lipinski definition) is 0. The van der Waals surface area contributed by atoms with Crippen LogP contribution in [0.25, 0.3) is 11.6 Å². The molecule has 0 saturated carbocycles. The van der Waals surface area contributed by atoms with Crippen molar-refractivity contribution in [3.05, 3.63) is 59.6 Å². The van der Waals surface area contributed by atoms with Gasteiger partial charge in [0, 0.05) is 5.69 Å². The predicted octanol–water partition coefficient (Wildman–Crippen LogP) is 3.20. The summed E-state index contributed by atoms with van der Waals surface area (Å²) in [6, 6.07) is 10.5. The lowest BCUT2D eigenvalue weighted by Gasteiger charge is -2.04. The van der Waals surface area contributed by atoms with E-state index < -0.39 is 0 Å². The van der Waals surface area contributed by atoms with E-state index in [0.29, 0.717) is 5.89 Å². The van der Waals surface area contributed by atoms with Crippen LogP contribution in [0, 0.1) is 13.8 Å². The Morgan fingerprint density at radius 1 is 1.16 bits per heavy atom. The lowest BCUT2D eigenvalue weighted by atomic mass is 10.1. The molecule has 19 heavy (non-hydrogen) atoms. The zero-order chi connectivity index (χ0) is 13.2. The van der Waals surface area contributed by atoms with Gasteiger partial charge in [0.2, 0.25) is 5.89 Å². The summed E-state index contributed by atoms with van der Waals surface area (Å²) in [5.41, 5.74) is 4.36. The summed E-state index contributed by atoms with van der Waals surface area (Å²) in [4.78, 5) is 4.12. The molecule has 4 heteroatoms. The Labute approximate surface area is 111 Å². The van der Waals surface area contributed by atoms with Gasteiger partial charge in [-0.3, -0.25) is 4.68 Å². The smallest absolute Gasteiger partial charge is 0.246 e. The zero-order valence-electron chi connectivity index (χ0n) is 11.0. The second-order valence-electron chi connectivity index (χ2n) is 4.65. The van der Waals surface area contributed by atoms with Gasteiger partial charge >= 0.3 is 0 Å². The molecular weight excluding hydrogens is 238 g/mol. The standard InChI is InChI=1S/C15H15N3O/c1-11-3-5-13(6-4-11)10-18-12(2)9-14(17-18)15-16-7-8-19-15/h3-9H,10H2,1-2H3. The third kappa shape index (κ3) is 2.42. The van der Waals surface area contributed by atoms with Gasteiger partial charge < -0.3 is 4.42 Å². The highest BCUT2D eigenvalue weighted by Gasteiger charge is 2.10. The average Bonchev–Trinajstić information content (AvgIpc) is 3.03. The van der Waals surface area contributed by atoms with Gasteiger partial charge in [-0.25, -0.2) is 4.98 Å². The first-order valence-corrected chi connectivity index (χ1v) is 6.22. The lowest BCUT2D eigenvalue weighted by Crippen LogP contribution is -2.03. The van der Waals surface area contributed by atoms with Crippen LogP contribution in [0.1, 0.15) is 16.8 Å². The molecule has 3 aromatic rings. The summed E-state index contributed by atoms with van der Waals surface area (Å²) in [6.07, 6.45) is 3.19. The summed E-state index contributed by atoms with van der Waals surface area (Å²) < 4.78 is 7.23. The second kappa shape index (κ2) is 4.72. The van der Waals surface area contributed by atoms with Gasteiger partial charge in [-0.2, -0.15) is 5.10 Å².